The highest BCUT2D eigenvalue weighted by atomic mass is 16.3. The van der Waals surface area contributed by atoms with Gasteiger partial charge >= 0.3 is 0 Å². The molecule has 0 bridgehead atoms. The van der Waals surface area contributed by atoms with Crippen molar-refractivity contribution >= 4 is 22.1 Å². The van der Waals surface area contributed by atoms with Crippen molar-refractivity contribution in [2.75, 3.05) is 11.5 Å². The molecule has 6 heteroatoms. The second-order valence-electron chi connectivity index (χ2n) is 3.39. The lowest BCUT2D eigenvalue weighted by molar-refractivity contribution is 0.351. The predicted molar refractivity (Wildman–Crippen MR) is 59.4 cm³/mol. The molecule has 0 aliphatic heterocycles. The van der Waals surface area contributed by atoms with Crippen molar-refractivity contribution in [2.45, 2.75) is 0 Å². The van der Waals surface area contributed by atoms with Gasteiger partial charge in [0.05, 0.1) is 10.8 Å². The maximum absolute atomic E-state index is 9.61. The summed E-state index contributed by atoms with van der Waals surface area (Å²) in [5.74, 6) is -2.89. The molecule has 0 unspecified atom stereocenters. The average Bonchev–Trinajstić information content (AvgIpc) is 2.26. The molecule has 0 radical (unpaired) electrons. The van der Waals surface area contributed by atoms with Gasteiger partial charge in [-0.2, -0.15) is 0 Å². The smallest absolute Gasteiger partial charge is 0.205 e. The molecule has 2 aromatic rings. The van der Waals surface area contributed by atoms with Gasteiger partial charge in [-0.25, -0.2) is 0 Å². The summed E-state index contributed by atoms with van der Waals surface area (Å²) in [6.45, 7) is 0. The van der Waals surface area contributed by atoms with E-state index in [1.165, 1.54) is 12.1 Å². The zero-order valence-corrected chi connectivity index (χ0v) is 8.10. The van der Waals surface area contributed by atoms with Crippen LogP contribution < -0.4 is 11.5 Å². The average molecular weight is 222 g/mol. The van der Waals surface area contributed by atoms with Gasteiger partial charge in [0.15, 0.2) is 11.5 Å². The van der Waals surface area contributed by atoms with E-state index >= 15 is 0 Å². The Balaban J connectivity index is 3.14. The molecule has 0 aliphatic carbocycles. The van der Waals surface area contributed by atoms with E-state index in [0.29, 0.717) is 0 Å². The fraction of sp³-hybridized carbons (Fsp3) is 0. The SMILES string of the molecule is Nc1ccc(N)c2c(O)c(O)c(O)c(O)c12. The first-order valence-corrected chi connectivity index (χ1v) is 4.38. The molecular formula is C10H10N2O4. The van der Waals surface area contributed by atoms with Crippen LogP contribution in [-0.2, 0) is 0 Å². The summed E-state index contributed by atoms with van der Waals surface area (Å²) < 4.78 is 0. The second-order valence-corrected chi connectivity index (χ2v) is 3.39. The Bertz CT molecular complexity index is 543. The molecule has 0 atom stereocenters. The minimum Gasteiger partial charge on any atom is -0.504 e. The number of phenolic OH excluding ortho intramolecular Hbond substituents is 4. The topological polar surface area (TPSA) is 133 Å². The lowest BCUT2D eigenvalue weighted by Gasteiger charge is -2.12. The Labute approximate surface area is 90.0 Å². The Morgan fingerprint density at radius 1 is 0.625 bits per heavy atom. The van der Waals surface area contributed by atoms with Crippen LogP contribution in [0.3, 0.4) is 0 Å². The van der Waals surface area contributed by atoms with Gasteiger partial charge in [-0.1, -0.05) is 0 Å². The first-order chi connectivity index (χ1) is 7.45. The first-order valence-electron chi connectivity index (χ1n) is 4.38. The van der Waals surface area contributed by atoms with E-state index in [2.05, 4.69) is 0 Å². The van der Waals surface area contributed by atoms with E-state index in [1.807, 2.05) is 0 Å². The second kappa shape index (κ2) is 2.99. The molecule has 0 aromatic heterocycles. The number of hydrogen-bond acceptors (Lipinski definition) is 6. The third-order valence-corrected chi connectivity index (χ3v) is 2.42. The maximum atomic E-state index is 9.61. The number of fused-ring (bicyclic) bond motifs is 1. The summed E-state index contributed by atoms with van der Waals surface area (Å²) in [7, 11) is 0. The largest absolute Gasteiger partial charge is 0.504 e. The predicted octanol–water partition coefficient (Wildman–Crippen LogP) is 0.827. The third-order valence-electron chi connectivity index (χ3n) is 2.42. The molecule has 2 rings (SSSR count). The molecule has 0 heterocycles. The van der Waals surface area contributed by atoms with Gasteiger partial charge in [-0.15, -0.1) is 0 Å². The van der Waals surface area contributed by atoms with Crippen molar-refractivity contribution in [3.05, 3.63) is 12.1 Å². The van der Waals surface area contributed by atoms with E-state index in [9.17, 15) is 20.4 Å². The van der Waals surface area contributed by atoms with Crippen LogP contribution in [0, 0.1) is 0 Å². The minimum atomic E-state index is -0.831. The number of nitrogen functional groups attached to an aromatic ring is 2. The van der Waals surface area contributed by atoms with E-state index in [4.69, 9.17) is 11.5 Å². The molecule has 6 nitrogen and oxygen atoms in total. The van der Waals surface area contributed by atoms with E-state index in [1.54, 1.807) is 0 Å². The van der Waals surface area contributed by atoms with Gasteiger partial charge in [0.25, 0.3) is 0 Å². The molecule has 0 saturated carbocycles. The van der Waals surface area contributed by atoms with Crippen LogP contribution in [0.15, 0.2) is 12.1 Å². The van der Waals surface area contributed by atoms with Crippen LogP contribution in [0.5, 0.6) is 23.0 Å². The van der Waals surface area contributed by atoms with Crippen LogP contribution in [0.25, 0.3) is 10.8 Å². The first kappa shape index (κ1) is 10.0. The summed E-state index contributed by atoms with van der Waals surface area (Å²) in [6.07, 6.45) is 0. The molecule has 0 fully saturated rings. The summed E-state index contributed by atoms with van der Waals surface area (Å²) in [4.78, 5) is 0. The number of nitrogens with two attached hydrogens (primary N) is 2. The van der Waals surface area contributed by atoms with E-state index in [0.717, 1.165) is 0 Å². The van der Waals surface area contributed by atoms with Gasteiger partial charge in [0.2, 0.25) is 11.5 Å². The summed E-state index contributed by atoms with van der Waals surface area (Å²) in [5.41, 5.74) is 11.5. The highest BCUT2D eigenvalue weighted by molar-refractivity contribution is 6.10. The van der Waals surface area contributed by atoms with E-state index in [-0.39, 0.29) is 22.1 Å². The van der Waals surface area contributed by atoms with Crippen LogP contribution in [0.1, 0.15) is 0 Å². The Morgan fingerprint density at radius 2 is 0.938 bits per heavy atom. The Hall–Kier alpha value is -2.50. The van der Waals surface area contributed by atoms with Gasteiger partial charge in [-0.3, -0.25) is 0 Å². The fourth-order valence-corrected chi connectivity index (χ4v) is 1.61. The Kier molecular flexibility index (Phi) is 1.88. The van der Waals surface area contributed by atoms with Gasteiger partial charge < -0.3 is 31.9 Å². The number of phenols is 4. The molecular weight excluding hydrogens is 212 g/mol. The standard InChI is InChI=1S/C10H10N2O4/c11-3-1-2-4(12)6-5(3)7(13)9(15)10(16)8(6)14/h1-2,13-16H,11-12H2. The maximum Gasteiger partial charge on any atom is 0.205 e. The molecule has 0 amide bonds. The van der Waals surface area contributed by atoms with Crippen molar-refractivity contribution in [2.24, 2.45) is 0 Å². The normalized spacial score (nSPS) is 10.8. The molecule has 2 aromatic carbocycles. The lowest BCUT2D eigenvalue weighted by Crippen LogP contribution is -1.93. The van der Waals surface area contributed by atoms with Gasteiger partial charge in [-0.05, 0) is 12.1 Å². The Morgan fingerprint density at radius 3 is 1.25 bits per heavy atom. The van der Waals surface area contributed by atoms with Crippen molar-refractivity contribution in [1.29, 1.82) is 0 Å². The monoisotopic (exact) mass is 222 g/mol. The van der Waals surface area contributed by atoms with Crippen molar-refractivity contribution < 1.29 is 20.4 Å². The molecule has 0 aliphatic rings. The van der Waals surface area contributed by atoms with E-state index < -0.39 is 23.0 Å². The van der Waals surface area contributed by atoms with Crippen LogP contribution in [0.4, 0.5) is 11.4 Å². The minimum absolute atomic E-state index is 0.00722. The van der Waals surface area contributed by atoms with Crippen molar-refractivity contribution in [3.8, 4) is 23.0 Å². The van der Waals surface area contributed by atoms with Gasteiger partial charge in [0, 0.05) is 11.4 Å². The van der Waals surface area contributed by atoms with Crippen molar-refractivity contribution in [1.82, 2.24) is 0 Å². The highest BCUT2D eigenvalue weighted by Crippen LogP contribution is 2.51. The quantitative estimate of drug-likeness (QED) is 0.222. The van der Waals surface area contributed by atoms with Crippen LogP contribution >= 0.6 is 0 Å². The number of rotatable bonds is 0. The number of anilines is 2. The summed E-state index contributed by atoms with van der Waals surface area (Å²) >= 11 is 0. The van der Waals surface area contributed by atoms with Crippen LogP contribution in [0.2, 0.25) is 0 Å². The van der Waals surface area contributed by atoms with Crippen LogP contribution in [-0.4, -0.2) is 20.4 Å². The third kappa shape index (κ3) is 1.07. The number of hydrogen-bond donors (Lipinski definition) is 6. The highest BCUT2D eigenvalue weighted by Gasteiger charge is 2.21. The van der Waals surface area contributed by atoms with Gasteiger partial charge in [0.1, 0.15) is 0 Å². The van der Waals surface area contributed by atoms with Crippen molar-refractivity contribution in [3.63, 3.8) is 0 Å². The summed E-state index contributed by atoms with van der Waals surface area (Å²) in [6, 6.07) is 2.85. The molecule has 84 valence electrons. The number of benzene rings is 2. The lowest BCUT2D eigenvalue weighted by atomic mass is 10.0. The summed E-state index contributed by atoms with van der Waals surface area (Å²) in [5, 5.41) is 37.9. The zero-order valence-electron chi connectivity index (χ0n) is 8.10. The zero-order chi connectivity index (χ0) is 12.0. The molecule has 0 spiro atoms. The number of aromatic hydroxyl groups is 4. The molecule has 0 saturated heterocycles. The fourth-order valence-electron chi connectivity index (χ4n) is 1.61. The molecule has 16 heavy (non-hydrogen) atoms. The molecule has 8 N–H and O–H groups in total.